The van der Waals surface area contributed by atoms with Crippen LogP contribution in [0.4, 0.5) is 52.7 Å². The molecule has 0 aromatic rings. The molecule has 5 atom stereocenters. The summed E-state index contributed by atoms with van der Waals surface area (Å²) in [5, 5.41) is -6.34. The lowest BCUT2D eigenvalue weighted by atomic mass is 9.47. The fraction of sp³-hybridized carbons (Fsp3) is 0.943. The maximum atomic E-state index is 14.5. The molecule has 5 unspecified atom stereocenters. The number of hydrogen-bond acceptors (Lipinski definition) is 12. The minimum Gasteiger partial charge on any atom is -0.743 e. The molecule has 2 spiro atoms. The molecule has 10 rings (SSSR count). The lowest BCUT2D eigenvalue weighted by Gasteiger charge is -2.62. The van der Waals surface area contributed by atoms with Crippen LogP contribution in [-0.4, -0.2) is 117 Å². The molecule has 10 fully saturated rings. The van der Waals surface area contributed by atoms with Gasteiger partial charge < -0.3 is 37.7 Å². The predicted octanol–water partition coefficient (Wildman–Crippen LogP) is 5.87. The molecule has 8 bridgehead atoms. The van der Waals surface area contributed by atoms with Gasteiger partial charge in [0.2, 0.25) is 0 Å². The summed E-state index contributed by atoms with van der Waals surface area (Å²) >= 11 is 0. The van der Waals surface area contributed by atoms with E-state index < -0.39 is 149 Å². The van der Waals surface area contributed by atoms with Crippen LogP contribution in [-0.2, 0) is 52.9 Å². The van der Waals surface area contributed by atoms with Crippen LogP contribution >= 0.6 is 0 Å². The number of halogens is 12. The Morgan fingerprint density at radius 1 is 0.600 bits per heavy atom. The molecule has 8 saturated carbocycles. The van der Waals surface area contributed by atoms with Crippen molar-refractivity contribution in [1.82, 2.24) is 0 Å². The Balaban J connectivity index is 0.999. The van der Waals surface area contributed by atoms with Crippen LogP contribution in [0.2, 0.25) is 0 Å². The standard InChI is InChI=1S/C35H40F12O12S/c36-28(37)13-55-32(56-14-29(28,38)39)19-1-17-2-20(32)8-26(5-17,7-19)24(48)53-11-23(12-54-34(44,45)35(46,47)60(50,51)52)59-25(49)27-6-18-3-21(9-27)33(22(4-18)10-27)57-15-30(40,41)31(42,43)16-58-33/h17-23H,1-16H2,(H,50,51,52)/p-1. The fourth-order valence-corrected chi connectivity index (χ4v) is 12.1. The summed E-state index contributed by atoms with van der Waals surface area (Å²) in [4.78, 5) is 27.9. The maximum Gasteiger partial charge on any atom is 0.433 e. The van der Waals surface area contributed by atoms with E-state index >= 15 is 0 Å². The summed E-state index contributed by atoms with van der Waals surface area (Å²) in [7, 11) is -7.04. The molecule has 0 N–H and O–H groups in total. The molecule has 60 heavy (non-hydrogen) atoms. The largest absolute Gasteiger partial charge is 0.743 e. The Morgan fingerprint density at radius 3 is 1.30 bits per heavy atom. The van der Waals surface area contributed by atoms with Gasteiger partial charge in [0.1, 0.15) is 33.0 Å². The number of carbonyl (C=O) groups is 2. The Kier molecular flexibility index (Phi) is 10.1. The highest BCUT2D eigenvalue weighted by molar-refractivity contribution is 7.86. The van der Waals surface area contributed by atoms with Gasteiger partial charge in [-0.05, 0) is 76.0 Å². The molecule has 342 valence electrons. The first-order valence-corrected chi connectivity index (χ1v) is 20.7. The summed E-state index contributed by atoms with van der Waals surface area (Å²) in [6, 6.07) is 0. The lowest BCUT2D eigenvalue weighted by Crippen LogP contribution is -2.65. The van der Waals surface area contributed by atoms with Crippen LogP contribution in [0.25, 0.3) is 0 Å². The second kappa shape index (κ2) is 13.7. The minimum atomic E-state index is -7.04. The molecular formula is C35H39F12O12S-. The highest BCUT2D eigenvalue weighted by Gasteiger charge is 2.73. The van der Waals surface area contributed by atoms with Gasteiger partial charge in [-0.3, -0.25) is 9.59 Å². The highest BCUT2D eigenvalue weighted by Crippen LogP contribution is 2.68. The second-order valence-corrected chi connectivity index (χ2v) is 19.5. The Morgan fingerprint density at radius 2 is 0.950 bits per heavy atom. The van der Waals surface area contributed by atoms with Crippen LogP contribution in [0.1, 0.15) is 64.2 Å². The zero-order valence-corrected chi connectivity index (χ0v) is 32.0. The summed E-state index contributed by atoms with van der Waals surface area (Å²) in [6.45, 7) is -9.73. The van der Waals surface area contributed by atoms with Crippen LogP contribution < -0.4 is 0 Å². The third-order valence-corrected chi connectivity index (χ3v) is 15.2. The van der Waals surface area contributed by atoms with Crippen molar-refractivity contribution in [3.05, 3.63) is 0 Å². The van der Waals surface area contributed by atoms with E-state index in [-0.39, 0.29) is 76.0 Å². The lowest BCUT2D eigenvalue weighted by molar-refractivity contribution is -0.347. The smallest absolute Gasteiger partial charge is 0.433 e. The van der Waals surface area contributed by atoms with Gasteiger partial charge in [-0.15, -0.1) is 0 Å². The van der Waals surface area contributed by atoms with E-state index in [2.05, 4.69) is 4.74 Å². The van der Waals surface area contributed by atoms with Crippen LogP contribution in [0.3, 0.4) is 0 Å². The first kappa shape index (κ1) is 44.4. The maximum absolute atomic E-state index is 14.5. The number of esters is 2. The molecular weight excluding hydrogens is 872 g/mol. The third-order valence-electron chi connectivity index (χ3n) is 14.3. The van der Waals surface area contributed by atoms with Gasteiger partial charge >= 0.3 is 47.0 Å². The van der Waals surface area contributed by atoms with Gasteiger partial charge in [0.15, 0.2) is 27.8 Å². The number of carbonyl (C=O) groups excluding carboxylic acids is 2. The molecule has 0 radical (unpaired) electrons. The number of ether oxygens (including phenoxy) is 7. The number of alkyl halides is 12. The van der Waals surface area contributed by atoms with Gasteiger partial charge in [0.05, 0.1) is 17.4 Å². The van der Waals surface area contributed by atoms with Crippen molar-refractivity contribution in [3.8, 4) is 0 Å². The molecule has 0 amide bonds. The molecule has 2 saturated heterocycles. The molecule has 12 nitrogen and oxygen atoms in total. The van der Waals surface area contributed by atoms with Crippen LogP contribution in [0.5, 0.6) is 0 Å². The molecule has 0 aromatic heterocycles. The zero-order chi connectivity index (χ0) is 44.0. The second-order valence-electron chi connectivity index (χ2n) is 18.1. The molecule has 25 heteroatoms. The van der Waals surface area contributed by atoms with Crippen molar-refractivity contribution < 1.29 is 108 Å². The van der Waals surface area contributed by atoms with E-state index in [4.69, 9.17) is 28.4 Å². The van der Waals surface area contributed by atoms with Crippen molar-refractivity contribution >= 4 is 22.1 Å². The average molecular weight is 912 g/mol. The normalized spacial score (nSPS) is 39.5. The van der Waals surface area contributed by atoms with Gasteiger partial charge in [-0.2, -0.15) is 52.7 Å². The van der Waals surface area contributed by atoms with Gasteiger partial charge in [-0.1, -0.05) is 0 Å². The van der Waals surface area contributed by atoms with Crippen molar-refractivity contribution in [1.29, 1.82) is 0 Å². The monoisotopic (exact) mass is 911 g/mol. The third kappa shape index (κ3) is 6.65. The van der Waals surface area contributed by atoms with E-state index in [1.165, 1.54) is 0 Å². The number of hydrogen-bond donors (Lipinski definition) is 0. The predicted molar refractivity (Wildman–Crippen MR) is 167 cm³/mol. The van der Waals surface area contributed by atoms with Gasteiger partial charge in [-0.25, -0.2) is 8.42 Å². The van der Waals surface area contributed by atoms with Gasteiger partial charge in [0, 0.05) is 23.7 Å². The van der Waals surface area contributed by atoms with Crippen LogP contribution in [0.15, 0.2) is 0 Å². The minimum absolute atomic E-state index is 0.0499. The topological polar surface area (TPSA) is 156 Å². The quantitative estimate of drug-likeness (QED) is 0.146. The van der Waals surface area contributed by atoms with E-state index in [1.807, 2.05) is 0 Å². The van der Waals surface area contributed by atoms with E-state index in [0.29, 0.717) is 0 Å². The highest BCUT2D eigenvalue weighted by atomic mass is 32.2. The number of rotatable bonds is 10. The molecule has 8 aliphatic carbocycles. The first-order chi connectivity index (χ1) is 27.4. The molecule has 10 aliphatic rings. The summed E-state index contributed by atoms with van der Waals surface area (Å²) < 4.78 is 241. The van der Waals surface area contributed by atoms with Gasteiger partial charge in [0.25, 0.3) is 0 Å². The summed E-state index contributed by atoms with van der Waals surface area (Å²) in [5.74, 6) is -28.7. The van der Waals surface area contributed by atoms with Crippen molar-refractivity contribution in [2.75, 3.05) is 39.6 Å². The fourth-order valence-electron chi connectivity index (χ4n) is 11.8. The summed E-state index contributed by atoms with van der Waals surface area (Å²) in [5.41, 5.74) is -3.02. The molecule has 0 aromatic carbocycles. The van der Waals surface area contributed by atoms with Crippen molar-refractivity contribution in [2.24, 2.45) is 46.3 Å². The summed E-state index contributed by atoms with van der Waals surface area (Å²) in [6.07, 6.45) is -8.15. The average Bonchev–Trinajstić information content (AvgIpc) is 3.29. The SMILES string of the molecule is O=C(OCC(COC(F)(F)C(F)(F)S(=O)(=O)[O-])OC(=O)C12CC3CC(C1)C1(OCC(F)(F)C(F)(F)CO1)C(C3)C2)C12CC3CC(C1)C1(OCC(F)(F)C(F)(F)CO1)C(C3)C2. The molecule has 2 heterocycles. The Bertz CT molecular complexity index is 1790. The van der Waals surface area contributed by atoms with Crippen LogP contribution in [0, 0.1) is 46.3 Å². The molecule has 2 aliphatic heterocycles. The Labute approximate surface area is 333 Å². The first-order valence-electron chi connectivity index (χ1n) is 19.2. The van der Waals surface area contributed by atoms with E-state index in [9.17, 15) is 75.2 Å². The zero-order valence-electron chi connectivity index (χ0n) is 31.2. The van der Waals surface area contributed by atoms with E-state index in [1.54, 1.807) is 0 Å². The Hall–Kier alpha value is -2.19. The van der Waals surface area contributed by atoms with E-state index in [0.717, 1.165) is 0 Å². The van der Waals surface area contributed by atoms with Crippen molar-refractivity contribution in [2.45, 2.75) is 117 Å². The van der Waals surface area contributed by atoms with Crippen molar-refractivity contribution in [3.63, 3.8) is 0 Å².